The molecule has 4 nitrogen and oxygen atoms in total. The molecule has 1 amide bonds. The second kappa shape index (κ2) is 9.00. The highest BCUT2D eigenvalue weighted by Gasteiger charge is 2.27. The SMILES string of the molecule is C/C=C(\C)CN1CCN(C(=O)[C@H](C)N(C)Cc2ccccc2)CC1. The zero-order valence-electron chi connectivity index (χ0n) is 15.5. The molecular weight excluding hydrogens is 298 g/mol. The fraction of sp³-hybridized carbons (Fsp3) is 0.550. The monoisotopic (exact) mass is 329 g/mol. The lowest BCUT2D eigenvalue weighted by Gasteiger charge is -2.37. The number of likely N-dealkylation sites (N-methyl/N-ethyl adjacent to an activating group) is 1. The molecule has 0 radical (unpaired) electrons. The largest absolute Gasteiger partial charge is 0.339 e. The molecule has 1 aliphatic rings. The maximum absolute atomic E-state index is 12.8. The van der Waals surface area contributed by atoms with E-state index in [9.17, 15) is 4.79 Å². The second-order valence-corrected chi connectivity index (χ2v) is 6.81. The molecule has 2 rings (SSSR count). The van der Waals surface area contributed by atoms with Gasteiger partial charge in [-0.3, -0.25) is 14.6 Å². The van der Waals surface area contributed by atoms with E-state index in [0.29, 0.717) is 0 Å². The lowest BCUT2D eigenvalue weighted by molar-refractivity contribution is -0.137. The minimum Gasteiger partial charge on any atom is -0.339 e. The van der Waals surface area contributed by atoms with Crippen LogP contribution in [0.15, 0.2) is 42.0 Å². The fourth-order valence-corrected chi connectivity index (χ4v) is 3.03. The summed E-state index contributed by atoms with van der Waals surface area (Å²) in [5.74, 6) is 0.246. The Bertz CT molecular complexity index is 547. The first-order valence-corrected chi connectivity index (χ1v) is 8.88. The maximum Gasteiger partial charge on any atom is 0.239 e. The fourth-order valence-electron chi connectivity index (χ4n) is 3.03. The average Bonchev–Trinajstić information content (AvgIpc) is 2.61. The molecular formula is C20H31N3O. The number of carbonyl (C=O) groups excluding carboxylic acids is 1. The third-order valence-corrected chi connectivity index (χ3v) is 4.94. The van der Waals surface area contributed by atoms with Gasteiger partial charge in [0.2, 0.25) is 5.91 Å². The van der Waals surface area contributed by atoms with Gasteiger partial charge in [-0.1, -0.05) is 42.0 Å². The van der Waals surface area contributed by atoms with Crippen LogP contribution < -0.4 is 0 Å². The number of hydrogen-bond acceptors (Lipinski definition) is 3. The van der Waals surface area contributed by atoms with E-state index in [2.05, 4.69) is 41.9 Å². The van der Waals surface area contributed by atoms with E-state index in [1.807, 2.05) is 37.1 Å². The topological polar surface area (TPSA) is 26.8 Å². The normalized spacial score (nSPS) is 18.0. The van der Waals surface area contributed by atoms with Crippen molar-refractivity contribution in [3.63, 3.8) is 0 Å². The Balaban J connectivity index is 1.83. The van der Waals surface area contributed by atoms with Crippen LogP contribution in [-0.4, -0.2) is 66.4 Å². The molecule has 4 heteroatoms. The van der Waals surface area contributed by atoms with Crippen LogP contribution in [0, 0.1) is 0 Å². The van der Waals surface area contributed by atoms with Crippen molar-refractivity contribution in [1.29, 1.82) is 0 Å². The summed E-state index contributed by atoms with van der Waals surface area (Å²) in [6.07, 6.45) is 2.16. The number of nitrogens with zero attached hydrogens (tertiary/aromatic N) is 3. The van der Waals surface area contributed by atoms with E-state index >= 15 is 0 Å². The molecule has 1 saturated heterocycles. The molecule has 1 fully saturated rings. The number of amides is 1. The Morgan fingerprint density at radius 3 is 2.42 bits per heavy atom. The zero-order valence-corrected chi connectivity index (χ0v) is 15.5. The van der Waals surface area contributed by atoms with Crippen molar-refractivity contribution in [2.75, 3.05) is 39.8 Å². The minimum absolute atomic E-state index is 0.0889. The molecule has 0 saturated carbocycles. The molecule has 1 aromatic rings. The van der Waals surface area contributed by atoms with E-state index in [0.717, 1.165) is 39.3 Å². The lowest BCUT2D eigenvalue weighted by atomic mass is 10.1. The molecule has 1 heterocycles. The Hall–Kier alpha value is -1.65. The molecule has 0 unspecified atom stereocenters. The van der Waals surface area contributed by atoms with Crippen LogP contribution in [0.1, 0.15) is 26.3 Å². The van der Waals surface area contributed by atoms with Crippen molar-refractivity contribution in [3.05, 3.63) is 47.5 Å². The summed E-state index contributed by atoms with van der Waals surface area (Å²) >= 11 is 0. The smallest absolute Gasteiger partial charge is 0.239 e. The highest BCUT2D eigenvalue weighted by molar-refractivity contribution is 5.81. The number of rotatable bonds is 6. The van der Waals surface area contributed by atoms with Gasteiger partial charge in [0.25, 0.3) is 0 Å². The first kappa shape index (κ1) is 18.7. The molecule has 1 aliphatic heterocycles. The highest BCUT2D eigenvalue weighted by atomic mass is 16.2. The Morgan fingerprint density at radius 1 is 1.21 bits per heavy atom. The number of piperazine rings is 1. The van der Waals surface area contributed by atoms with E-state index in [1.165, 1.54) is 11.1 Å². The predicted molar refractivity (Wildman–Crippen MR) is 99.8 cm³/mol. The quantitative estimate of drug-likeness (QED) is 0.751. The van der Waals surface area contributed by atoms with Crippen LogP contribution in [0.25, 0.3) is 0 Å². The average molecular weight is 329 g/mol. The molecule has 1 atom stereocenters. The lowest BCUT2D eigenvalue weighted by Crippen LogP contribution is -2.53. The van der Waals surface area contributed by atoms with Gasteiger partial charge in [-0.15, -0.1) is 0 Å². The molecule has 0 spiro atoms. The Kier molecular flexibility index (Phi) is 7.00. The van der Waals surface area contributed by atoms with E-state index < -0.39 is 0 Å². The third kappa shape index (κ3) is 5.18. The van der Waals surface area contributed by atoms with Gasteiger partial charge >= 0.3 is 0 Å². The van der Waals surface area contributed by atoms with E-state index in [4.69, 9.17) is 0 Å². The standard InChI is InChI=1S/C20H31N3O/c1-5-17(2)15-22-11-13-23(14-12-22)20(24)18(3)21(4)16-19-9-7-6-8-10-19/h5-10,18H,11-16H2,1-4H3/b17-5+/t18-/m0/s1. The summed E-state index contributed by atoms with van der Waals surface area (Å²) in [7, 11) is 2.03. The molecule has 0 aliphatic carbocycles. The van der Waals surface area contributed by atoms with Gasteiger partial charge in [0, 0.05) is 39.3 Å². The van der Waals surface area contributed by atoms with Crippen LogP contribution in [-0.2, 0) is 11.3 Å². The van der Waals surface area contributed by atoms with Crippen molar-refractivity contribution >= 4 is 5.91 Å². The van der Waals surface area contributed by atoms with Gasteiger partial charge in [-0.25, -0.2) is 0 Å². The molecule has 0 bridgehead atoms. The van der Waals surface area contributed by atoms with Gasteiger partial charge in [0.15, 0.2) is 0 Å². The number of benzene rings is 1. The summed E-state index contributed by atoms with van der Waals surface area (Å²) in [4.78, 5) is 19.4. The number of carbonyl (C=O) groups is 1. The van der Waals surface area contributed by atoms with Crippen molar-refractivity contribution in [2.24, 2.45) is 0 Å². The Labute approximate surface area is 146 Å². The van der Waals surface area contributed by atoms with Crippen molar-refractivity contribution < 1.29 is 4.79 Å². The van der Waals surface area contributed by atoms with Gasteiger partial charge in [0.05, 0.1) is 6.04 Å². The van der Waals surface area contributed by atoms with Crippen LogP contribution in [0.2, 0.25) is 0 Å². The molecule has 0 N–H and O–H groups in total. The summed E-state index contributed by atoms with van der Waals surface area (Å²) < 4.78 is 0. The summed E-state index contributed by atoms with van der Waals surface area (Å²) in [5, 5.41) is 0. The van der Waals surface area contributed by atoms with Crippen molar-refractivity contribution in [3.8, 4) is 0 Å². The maximum atomic E-state index is 12.8. The summed E-state index contributed by atoms with van der Waals surface area (Å²) in [5.41, 5.74) is 2.64. The van der Waals surface area contributed by atoms with Crippen molar-refractivity contribution in [2.45, 2.75) is 33.4 Å². The molecule has 132 valence electrons. The summed E-state index contributed by atoms with van der Waals surface area (Å²) in [6.45, 7) is 11.7. The van der Waals surface area contributed by atoms with Gasteiger partial charge in [-0.05, 0) is 33.4 Å². The number of allylic oxidation sites excluding steroid dienone is 1. The highest BCUT2D eigenvalue weighted by Crippen LogP contribution is 2.11. The first-order chi connectivity index (χ1) is 11.5. The first-order valence-electron chi connectivity index (χ1n) is 8.88. The molecule has 24 heavy (non-hydrogen) atoms. The van der Waals surface area contributed by atoms with Crippen LogP contribution in [0.3, 0.4) is 0 Å². The van der Waals surface area contributed by atoms with Crippen LogP contribution in [0.4, 0.5) is 0 Å². The molecule has 1 aromatic carbocycles. The van der Waals surface area contributed by atoms with Crippen LogP contribution in [0.5, 0.6) is 0 Å². The van der Waals surface area contributed by atoms with E-state index in [1.54, 1.807) is 0 Å². The number of hydrogen-bond donors (Lipinski definition) is 0. The van der Waals surface area contributed by atoms with E-state index in [-0.39, 0.29) is 11.9 Å². The second-order valence-electron chi connectivity index (χ2n) is 6.81. The Morgan fingerprint density at radius 2 is 1.83 bits per heavy atom. The minimum atomic E-state index is -0.0889. The van der Waals surface area contributed by atoms with Gasteiger partial charge in [0.1, 0.15) is 0 Å². The third-order valence-electron chi connectivity index (χ3n) is 4.94. The summed E-state index contributed by atoms with van der Waals surface area (Å²) in [6, 6.07) is 10.2. The predicted octanol–water partition coefficient (Wildman–Crippen LogP) is 2.62. The zero-order chi connectivity index (χ0) is 17.5. The van der Waals surface area contributed by atoms with Gasteiger partial charge in [-0.2, -0.15) is 0 Å². The van der Waals surface area contributed by atoms with Crippen molar-refractivity contribution in [1.82, 2.24) is 14.7 Å². The molecule has 0 aromatic heterocycles. The van der Waals surface area contributed by atoms with Gasteiger partial charge < -0.3 is 4.90 Å². The van der Waals surface area contributed by atoms with Crippen LogP contribution >= 0.6 is 0 Å².